The monoisotopic (exact) mass is 535 g/mol. The van der Waals surface area contributed by atoms with Crippen molar-refractivity contribution >= 4 is 34.3 Å². The molecule has 0 spiro atoms. The fraction of sp³-hybridized carbons (Fsp3) is 0.567. The van der Waals surface area contributed by atoms with E-state index in [1.165, 1.54) is 19.3 Å². The molecule has 0 radical (unpaired) electrons. The van der Waals surface area contributed by atoms with Crippen molar-refractivity contribution in [1.29, 1.82) is 0 Å². The molecular weight excluding hydrogens is 494 g/mol. The molecule has 0 bridgehead atoms. The Morgan fingerprint density at radius 2 is 1.82 bits per heavy atom. The third-order valence-electron chi connectivity index (χ3n) is 7.65. The predicted molar refractivity (Wildman–Crippen MR) is 153 cm³/mol. The number of nitrogens with zero attached hydrogens (tertiary/aromatic N) is 3. The molecule has 0 amide bonds. The molecule has 1 saturated heterocycles. The van der Waals surface area contributed by atoms with Crippen LogP contribution in [0.15, 0.2) is 36.7 Å². The van der Waals surface area contributed by atoms with Crippen molar-refractivity contribution in [3.8, 4) is 5.75 Å². The minimum absolute atomic E-state index is 0.00938. The molecule has 2 aromatic heterocycles. The summed E-state index contributed by atoms with van der Waals surface area (Å²) in [6, 6.07) is 10.4. The second kappa shape index (κ2) is 13.6. The van der Waals surface area contributed by atoms with Crippen molar-refractivity contribution in [2.24, 2.45) is 0 Å². The van der Waals surface area contributed by atoms with E-state index in [9.17, 15) is 4.79 Å². The molecule has 3 N–H and O–H groups in total. The van der Waals surface area contributed by atoms with E-state index in [0.29, 0.717) is 12.6 Å². The number of fused-ring (bicyclic) bond motifs is 1. The Bertz CT molecular complexity index is 1200. The van der Waals surface area contributed by atoms with Crippen molar-refractivity contribution in [1.82, 2.24) is 14.5 Å². The number of carboxylic acid groups (broad SMARTS) is 1. The molecule has 3 aromatic rings. The summed E-state index contributed by atoms with van der Waals surface area (Å²) in [6.07, 6.45) is 15.1. The number of benzene rings is 1. The third kappa shape index (κ3) is 7.62. The molecule has 1 unspecified atom stereocenters. The number of hydrogen-bond acceptors (Lipinski definition) is 7. The molecule has 2 fully saturated rings. The first-order valence-corrected chi connectivity index (χ1v) is 14.6. The van der Waals surface area contributed by atoms with Gasteiger partial charge in [-0.15, -0.1) is 0 Å². The number of pyridine rings is 1. The molecule has 39 heavy (non-hydrogen) atoms. The Balaban J connectivity index is 1.25. The number of carboxylic acids is 1. The Labute approximate surface area is 230 Å². The van der Waals surface area contributed by atoms with Crippen molar-refractivity contribution in [3.05, 3.63) is 36.7 Å². The SMILES string of the molecule is O=C(O)CCCCCCOc1ccc(Nc2cc3c(ncn3C3CCCCO3)c(NC3CCCCC3)n2)cc1. The molecule has 2 aliphatic rings. The Hall–Kier alpha value is -3.33. The summed E-state index contributed by atoms with van der Waals surface area (Å²) in [6.45, 7) is 1.41. The van der Waals surface area contributed by atoms with Crippen molar-refractivity contribution < 1.29 is 19.4 Å². The normalized spacial score (nSPS) is 18.2. The number of hydrogen-bond donors (Lipinski definition) is 3. The second-order valence-corrected chi connectivity index (χ2v) is 10.7. The van der Waals surface area contributed by atoms with Crippen LogP contribution in [-0.2, 0) is 9.53 Å². The Morgan fingerprint density at radius 1 is 1.03 bits per heavy atom. The van der Waals surface area contributed by atoms with Gasteiger partial charge in [-0.2, -0.15) is 0 Å². The quantitative estimate of drug-likeness (QED) is 0.200. The highest BCUT2D eigenvalue weighted by Gasteiger charge is 2.22. The van der Waals surface area contributed by atoms with E-state index in [2.05, 4.69) is 21.3 Å². The maximum atomic E-state index is 10.6. The van der Waals surface area contributed by atoms with Gasteiger partial charge in [0.05, 0.1) is 18.5 Å². The lowest BCUT2D eigenvalue weighted by atomic mass is 9.95. The lowest BCUT2D eigenvalue weighted by Crippen LogP contribution is -2.23. The van der Waals surface area contributed by atoms with Crippen LogP contribution < -0.4 is 15.4 Å². The van der Waals surface area contributed by atoms with Gasteiger partial charge < -0.3 is 29.8 Å². The van der Waals surface area contributed by atoms with E-state index in [-0.39, 0.29) is 12.6 Å². The fourth-order valence-electron chi connectivity index (χ4n) is 5.51. The highest BCUT2D eigenvalue weighted by atomic mass is 16.5. The van der Waals surface area contributed by atoms with E-state index in [0.717, 1.165) is 98.5 Å². The minimum Gasteiger partial charge on any atom is -0.494 e. The van der Waals surface area contributed by atoms with E-state index < -0.39 is 5.97 Å². The number of imidazole rings is 1. The zero-order chi connectivity index (χ0) is 26.9. The van der Waals surface area contributed by atoms with Gasteiger partial charge in [-0.25, -0.2) is 9.97 Å². The molecule has 9 nitrogen and oxygen atoms in total. The van der Waals surface area contributed by atoms with Crippen LogP contribution in [0.1, 0.15) is 89.7 Å². The van der Waals surface area contributed by atoms with Gasteiger partial charge in [-0.3, -0.25) is 4.79 Å². The van der Waals surface area contributed by atoms with Gasteiger partial charge in [-0.1, -0.05) is 32.1 Å². The van der Waals surface area contributed by atoms with Crippen LogP contribution in [0.5, 0.6) is 5.75 Å². The summed E-state index contributed by atoms with van der Waals surface area (Å²) in [4.78, 5) is 20.3. The van der Waals surface area contributed by atoms with Gasteiger partial charge in [0.2, 0.25) is 0 Å². The average Bonchev–Trinajstić information content (AvgIpc) is 3.39. The number of rotatable bonds is 13. The molecule has 9 heteroatoms. The number of carbonyl (C=O) groups is 1. The summed E-state index contributed by atoms with van der Waals surface area (Å²) in [7, 11) is 0. The van der Waals surface area contributed by atoms with Crippen LogP contribution in [-0.4, -0.2) is 44.9 Å². The van der Waals surface area contributed by atoms with Crippen LogP contribution >= 0.6 is 0 Å². The van der Waals surface area contributed by atoms with Gasteiger partial charge in [-0.05, 0) is 69.2 Å². The van der Waals surface area contributed by atoms with Gasteiger partial charge in [0.25, 0.3) is 0 Å². The molecule has 1 saturated carbocycles. The smallest absolute Gasteiger partial charge is 0.303 e. The largest absolute Gasteiger partial charge is 0.494 e. The molecular formula is C30H41N5O4. The summed E-state index contributed by atoms with van der Waals surface area (Å²) < 4.78 is 14.1. The maximum absolute atomic E-state index is 10.6. The molecule has 210 valence electrons. The van der Waals surface area contributed by atoms with Crippen LogP contribution in [0, 0.1) is 0 Å². The first kappa shape index (κ1) is 27.2. The molecule has 1 aliphatic carbocycles. The van der Waals surface area contributed by atoms with Gasteiger partial charge in [0.1, 0.15) is 23.3 Å². The van der Waals surface area contributed by atoms with E-state index in [1.54, 1.807) is 0 Å². The highest BCUT2D eigenvalue weighted by molar-refractivity contribution is 5.89. The number of aliphatic carboxylic acids is 1. The standard InChI is InChI=1S/C30H41N5O4/c36-28(37)13-6-1-2-8-18-38-24-16-14-23(15-17-24)32-26-20-25-29(30(34-26)33-22-10-4-3-5-11-22)31-21-35(25)27-12-7-9-19-39-27/h14-17,20-22,27H,1-13,18-19H2,(H,36,37)(H2,32,33,34). The zero-order valence-electron chi connectivity index (χ0n) is 22.7. The van der Waals surface area contributed by atoms with Crippen LogP contribution in [0.3, 0.4) is 0 Å². The highest BCUT2D eigenvalue weighted by Crippen LogP contribution is 2.33. The number of nitrogens with one attached hydrogen (secondary N) is 2. The number of unbranched alkanes of at least 4 members (excludes halogenated alkanes) is 3. The number of aromatic nitrogens is 3. The van der Waals surface area contributed by atoms with Gasteiger partial charge in [0, 0.05) is 30.8 Å². The molecule has 1 aromatic carbocycles. The first-order valence-electron chi connectivity index (χ1n) is 14.6. The number of ether oxygens (including phenoxy) is 2. The van der Waals surface area contributed by atoms with Crippen LogP contribution in [0.2, 0.25) is 0 Å². The van der Waals surface area contributed by atoms with Crippen LogP contribution in [0.4, 0.5) is 17.3 Å². The maximum Gasteiger partial charge on any atom is 0.303 e. The summed E-state index contributed by atoms with van der Waals surface area (Å²) in [5.41, 5.74) is 2.86. The van der Waals surface area contributed by atoms with Crippen molar-refractivity contribution in [3.63, 3.8) is 0 Å². The predicted octanol–water partition coefficient (Wildman–Crippen LogP) is 7.03. The topological polar surface area (TPSA) is 111 Å². The average molecular weight is 536 g/mol. The van der Waals surface area contributed by atoms with Crippen LogP contribution in [0.25, 0.3) is 11.0 Å². The molecule has 5 rings (SSSR count). The Kier molecular flexibility index (Phi) is 9.53. The third-order valence-corrected chi connectivity index (χ3v) is 7.65. The van der Waals surface area contributed by atoms with Gasteiger partial charge >= 0.3 is 5.97 Å². The summed E-state index contributed by atoms with van der Waals surface area (Å²) >= 11 is 0. The first-order chi connectivity index (χ1) is 19.2. The van der Waals surface area contributed by atoms with Crippen molar-refractivity contribution in [2.45, 2.75) is 95.7 Å². The van der Waals surface area contributed by atoms with Crippen molar-refractivity contribution in [2.75, 3.05) is 23.8 Å². The van der Waals surface area contributed by atoms with E-state index >= 15 is 0 Å². The summed E-state index contributed by atoms with van der Waals surface area (Å²) in [5.74, 6) is 1.70. The van der Waals surface area contributed by atoms with E-state index in [1.807, 2.05) is 30.6 Å². The Morgan fingerprint density at radius 3 is 2.59 bits per heavy atom. The number of anilines is 3. The fourth-order valence-corrected chi connectivity index (χ4v) is 5.51. The lowest BCUT2D eigenvalue weighted by Gasteiger charge is -2.25. The second-order valence-electron chi connectivity index (χ2n) is 10.7. The molecule has 1 aliphatic heterocycles. The molecule has 1 atom stereocenters. The molecule has 3 heterocycles. The zero-order valence-corrected chi connectivity index (χ0v) is 22.7. The minimum atomic E-state index is -0.726. The van der Waals surface area contributed by atoms with E-state index in [4.69, 9.17) is 24.5 Å². The summed E-state index contributed by atoms with van der Waals surface area (Å²) in [5, 5.41) is 15.9. The van der Waals surface area contributed by atoms with Gasteiger partial charge in [0.15, 0.2) is 5.82 Å². The lowest BCUT2D eigenvalue weighted by molar-refractivity contribution is -0.137.